The number of halogens is 1. The predicted molar refractivity (Wildman–Crippen MR) is 88.5 cm³/mol. The molecule has 4 rings (SSSR count). The summed E-state index contributed by atoms with van der Waals surface area (Å²) in [7, 11) is 0. The minimum absolute atomic E-state index is 0.265. The molecule has 0 bridgehead atoms. The van der Waals surface area contributed by atoms with E-state index >= 15 is 0 Å². The summed E-state index contributed by atoms with van der Waals surface area (Å²) in [6, 6.07) is 9.96. The van der Waals surface area contributed by atoms with Crippen molar-refractivity contribution >= 4 is 26.9 Å². The van der Waals surface area contributed by atoms with Crippen LogP contribution >= 0.6 is 15.9 Å². The molecule has 0 radical (unpaired) electrons. The van der Waals surface area contributed by atoms with Gasteiger partial charge in [0.05, 0.1) is 6.04 Å². The van der Waals surface area contributed by atoms with Crippen molar-refractivity contribution < 1.29 is 4.42 Å². The Bertz CT molecular complexity index is 653. The summed E-state index contributed by atoms with van der Waals surface area (Å²) in [5, 5.41) is 4.96. The molecule has 0 saturated carbocycles. The Hall–Kier alpha value is -0.840. The fourth-order valence-corrected chi connectivity index (χ4v) is 4.31. The van der Waals surface area contributed by atoms with Gasteiger partial charge in [0.2, 0.25) is 0 Å². The maximum Gasteiger partial charge on any atom is 0.134 e. The Labute approximate surface area is 133 Å². The number of hydrogen-bond donors (Lipinski definition) is 1. The van der Waals surface area contributed by atoms with Gasteiger partial charge in [-0.15, -0.1) is 0 Å². The predicted octanol–water partition coefficient (Wildman–Crippen LogP) is 4.08. The zero-order chi connectivity index (χ0) is 14.4. The summed E-state index contributed by atoms with van der Waals surface area (Å²) in [6.07, 6.45) is 3.97. The largest absolute Gasteiger partial charge is 0.459 e. The van der Waals surface area contributed by atoms with Gasteiger partial charge in [-0.2, -0.15) is 0 Å². The molecule has 21 heavy (non-hydrogen) atoms. The topological polar surface area (TPSA) is 28.4 Å². The summed E-state index contributed by atoms with van der Waals surface area (Å²) in [4.78, 5) is 2.64. The van der Waals surface area contributed by atoms with E-state index in [9.17, 15) is 0 Å². The zero-order valence-electron chi connectivity index (χ0n) is 12.3. The lowest BCUT2D eigenvalue weighted by atomic mass is 10.1. The summed E-state index contributed by atoms with van der Waals surface area (Å²) in [5.74, 6) is 1.04. The first-order chi connectivity index (χ1) is 10.2. The molecule has 2 aliphatic rings. The Balaban J connectivity index is 1.52. The lowest BCUT2D eigenvalue weighted by Gasteiger charge is -2.24. The Morgan fingerprint density at radius 3 is 3.10 bits per heavy atom. The van der Waals surface area contributed by atoms with E-state index in [4.69, 9.17) is 4.42 Å². The molecule has 112 valence electrons. The van der Waals surface area contributed by atoms with E-state index in [0.717, 1.165) is 21.9 Å². The van der Waals surface area contributed by atoms with Gasteiger partial charge in [-0.1, -0.05) is 15.9 Å². The van der Waals surface area contributed by atoms with Gasteiger partial charge in [-0.25, -0.2) is 0 Å². The van der Waals surface area contributed by atoms with Crippen molar-refractivity contribution in [2.75, 3.05) is 13.1 Å². The molecule has 3 atom stereocenters. The second kappa shape index (κ2) is 5.41. The highest BCUT2D eigenvalue weighted by Gasteiger charge is 2.37. The van der Waals surface area contributed by atoms with Gasteiger partial charge in [0.1, 0.15) is 11.3 Å². The molecule has 3 nitrogen and oxygen atoms in total. The summed E-state index contributed by atoms with van der Waals surface area (Å²) < 4.78 is 7.11. The van der Waals surface area contributed by atoms with Gasteiger partial charge in [-0.3, -0.25) is 4.90 Å². The van der Waals surface area contributed by atoms with Gasteiger partial charge in [0.25, 0.3) is 0 Å². The van der Waals surface area contributed by atoms with Gasteiger partial charge in [0.15, 0.2) is 0 Å². The van der Waals surface area contributed by atoms with Crippen LogP contribution in [0.25, 0.3) is 11.0 Å². The highest BCUT2D eigenvalue weighted by atomic mass is 79.9. The van der Waals surface area contributed by atoms with Crippen molar-refractivity contribution in [3.63, 3.8) is 0 Å². The van der Waals surface area contributed by atoms with Crippen molar-refractivity contribution in [2.45, 2.75) is 44.3 Å². The average molecular weight is 349 g/mol. The van der Waals surface area contributed by atoms with Crippen LogP contribution < -0.4 is 5.32 Å². The number of furan rings is 1. The fraction of sp³-hybridized carbons (Fsp3) is 0.529. The Kier molecular flexibility index (Phi) is 3.56. The van der Waals surface area contributed by atoms with Crippen molar-refractivity contribution in [1.82, 2.24) is 10.2 Å². The van der Waals surface area contributed by atoms with Crippen molar-refractivity contribution in [3.05, 3.63) is 34.5 Å². The third-order valence-electron chi connectivity index (χ3n) is 4.99. The third kappa shape index (κ3) is 2.54. The van der Waals surface area contributed by atoms with Crippen LogP contribution in [0.5, 0.6) is 0 Å². The van der Waals surface area contributed by atoms with Crippen LogP contribution in [-0.4, -0.2) is 30.1 Å². The summed E-state index contributed by atoms with van der Waals surface area (Å²) >= 11 is 3.52. The molecular weight excluding hydrogens is 328 g/mol. The number of fused-ring (bicyclic) bond motifs is 2. The van der Waals surface area contributed by atoms with Crippen LogP contribution in [0.2, 0.25) is 0 Å². The van der Waals surface area contributed by atoms with Crippen LogP contribution in [0, 0.1) is 0 Å². The van der Waals surface area contributed by atoms with E-state index in [1.165, 1.54) is 37.7 Å². The van der Waals surface area contributed by atoms with E-state index in [0.29, 0.717) is 6.04 Å². The minimum Gasteiger partial charge on any atom is -0.459 e. The first kappa shape index (κ1) is 13.8. The molecule has 1 N–H and O–H groups in total. The summed E-state index contributed by atoms with van der Waals surface area (Å²) in [6.45, 7) is 4.75. The van der Waals surface area contributed by atoms with E-state index in [1.54, 1.807) is 0 Å². The maximum atomic E-state index is 6.01. The van der Waals surface area contributed by atoms with Gasteiger partial charge >= 0.3 is 0 Å². The van der Waals surface area contributed by atoms with E-state index in [-0.39, 0.29) is 6.04 Å². The molecule has 2 saturated heterocycles. The molecule has 1 aromatic carbocycles. The fourth-order valence-electron chi connectivity index (χ4n) is 3.93. The standard InChI is InChI=1S/C17H21BrN2O/c1-11(19-14-6-8-20-7-2-3-15(14)20)17-10-12-9-13(18)4-5-16(12)21-17/h4-5,9-11,14-15,19H,2-3,6-8H2,1H3. The highest BCUT2D eigenvalue weighted by molar-refractivity contribution is 9.10. The molecule has 3 unspecified atom stereocenters. The second-order valence-electron chi connectivity index (χ2n) is 6.36. The SMILES string of the molecule is CC(NC1CCN2CCCC12)c1cc2cc(Br)ccc2o1. The molecule has 2 aliphatic heterocycles. The molecule has 3 heterocycles. The van der Waals surface area contributed by atoms with Crippen LogP contribution in [0.3, 0.4) is 0 Å². The number of benzene rings is 1. The Morgan fingerprint density at radius 2 is 2.19 bits per heavy atom. The van der Waals surface area contributed by atoms with E-state index in [2.05, 4.69) is 45.2 Å². The first-order valence-electron chi connectivity index (χ1n) is 7.90. The quantitative estimate of drug-likeness (QED) is 0.905. The first-order valence-corrected chi connectivity index (χ1v) is 8.69. The molecule has 2 fully saturated rings. The lowest BCUT2D eigenvalue weighted by Crippen LogP contribution is -2.40. The van der Waals surface area contributed by atoms with Crippen LogP contribution in [0.1, 0.15) is 38.0 Å². The minimum atomic E-state index is 0.265. The van der Waals surface area contributed by atoms with Crippen molar-refractivity contribution in [3.8, 4) is 0 Å². The van der Waals surface area contributed by atoms with Crippen LogP contribution in [-0.2, 0) is 0 Å². The zero-order valence-corrected chi connectivity index (χ0v) is 13.9. The number of rotatable bonds is 3. The van der Waals surface area contributed by atoms with Gasteiger partial charge < -0.3 is 9.73 Å². The molecule has 0 amide bonds. The summed E-state index contributed by atoms with van der Waals surface area (Å²) in [5.41, 5.74) is 0.968. The second-order valence-corrected chi connectivity index (χ2v) is 7.28. The Morgan fingerprint density at radius 1 is 1.29 bits per heavy atom. The monoisotopic (exact) mass is 348 g/mol. The molecule has 0 spiro atoms. The van der Waals surface area contributed by atoms with E-state index < -0.39 is 0 Å². The number of nitrogens with zero attached hydrogens (tertiary/aromatic N) is 1. The van der Waals surface area contributed by atoms with Crippen LogP contribution in [0.15, 0.2) is 33.2 Å². The van der Waals surface area contributed by atoms with Gasteiger partial charge in [-0.05, 0) is 57.0 Å². The molecule has 2 aromatic rings. The van der Waals surface area contributed by atoms with Crippen molar-refractivity contribution in [1.29, 1.82) is 0 Å². The average Bonchev–Trinajstić information content (AvgIpc) is 3.14. The highest BCUT2D eigenvalue weighted by Crippen LogP contribution is 2.31. The van der Waals surface area contributed by atoms with Crippen molar-refractivity contribution in [2.24, 2.45) is 0 Å². The van der Waals surface area contributed by atoms with Gasteiger partial charge in [0, 0.05) is 28.5 Å². The molecule has 1 aromatic heterocycles. The smallest absolute Gasteiger partial charge is 0.134 e. The number of nitrogens with one attached hydrogen (secondary N) is 1. The lowest BCUT2D eigenvalue weighted by molar-refractivity contribution is 0.286. The molecule has 4 heteroatoms. The number of hydrogen-bond acceptors (Lipinski definition) is 3. The molecular formula is C17H21BrN2O. The molecule has 0 aliphatic carbocycles. The normalized spacial score (nSPS) is 27.3. The van der Waals surface area contributed by atoms with E-state index in [1.807, 2.05) is 12.1 Å². The maximum absolute atomic E-state index is 6.01. The third-order valence-corrected chi connectivity index (χ3v) is 5.49. The van der Waals surface area contributed by atoms with Crippen LogP contribution in [0.4, 0.5) is 0 Å².